The Bertz CT molecular complexity index is 1270. The Morgan fingerprint density at radius 2 is 1.85 bits per heavy atom. The van der Waals surface area contributed by atoms with Gasteiger partial charge < -0.3 is 16.8 Å². The first kappa shape index (κ1) is 24.2. The number of nitrogens with one attached hydrogen (secondary N) is 1. The molecule has 1 unspecified atom stereocenters. The number of thioether (sulfide) groups is 1. The van der Waals surface area contributed by atoms with Gasteiger partial charge in [-0.25, -0.2) is 15.0 Å². The molecule has 0 bridgehead atoms. The minimum atomic E-state index is 0.0960. The fourth-order valence-electron chi connectivity index (χ4n) is 4.24. The lowest BCUT2D eigenvalue weighted by atomic mass is 9.89. The van der Waals surface area contributed by atoms with E-state index in [0.717, 1.165) is 40.4 Å². The second-order valence-corrected chi connectivity index (χ2v) is 11.6. The molecule has 0 saturated heterocycles. The molecular weight excluding hydrogens is 462 g/mol. The van der Waals surface area contributed by atoms with E-state index in [1.807, 2.05) is 24.8 Å². The van der Waals surface area contributed by atoms with Crippen molar-refractivity contribution >= 4 is 50.9 Å². The lowest BCUT2D eigenvalue weighted by Crippen LogP contribution is -2.29. The van der Waals surface area contributed by atoms with E-state index >= 15 is 0 Å². The standard InChI is InChI=1S/C25H31N7S2/c1-5-16(25(3,4)34-17-9-7-6-8-10-17)11-13-29-22-19(15(2)30-24(27)32-22)23-31-20-18(33-23)12-14-28-21(20)26/h6-10,12,14,16H,5,11,13H2,1-4H3,(H2,26,28)(H3,27,29,30,32). The van der Waals surface area contributed by atoms with Crippen molar-refractivity contribution < 1.29 is 0 Å². The van der Waals surface area contributed by atoms with Crippen LogP contribution in [0.1, 0.15) is 39.3 Å². The highest BCUT2D eigenvalue weighted by Gasteiger charge is 2.29. The molecule has 9 heteroatoms. The van der Waals surface area contributed by atoms with Crippen molar-refractivity contribution in [3.8, 4) is 10.6 Å². The van der Waals surface area contributed by atoms with E-state index in [9.17, 15) is 0 Å². The van der Waals surface area contributed by atoms with E-state index in [1.54, 1.807) is 17.5 Å². The van der Waals surface area contributed by atoms with Gasteiger partial charge in [0.05, 0.1) is 16.0 Å². The van der Waals surface area contributed by atoms with Gasteiger partial charge in [-0.3, -0.25) is 0 Å². The first-order valence-corrected chi connectivity index (χ1v) is 13.0. The average molecular weight is 494 g/mol. The summed E-state index contributed by atoms with van der Waals surface area (Å²) in [6, 6.07) is 12.5. The average Bonchev–Trinajstić information content (AvgIpc) is 3.21. The smallest absolute Gasteiger partial charge is 0.222 e. The molecule has 4 rings (SSSR count). The normalized spacial score (nSPS) is 12.7. The van der Waals surface area contributed by atoms with Gasteiger partial charge in [0, 0.05) is 22.4 Å². The number of benzene rings is 1. The van der Waals surface area contributed by atoms with Crippen molar-refractivity contribution in [3.63, 3.8) is 0 Å². The second-order valence-electron chi connectivity index (χ2n) is 8.79. The fraction of sp³-hybridized carbons (Fsp3) is 0.360. The van der Waals surface area contributed by atoms with Crippen LogP contribution in [0.3, 0.4) is 0 Å². The van der Waals surface area contributed by atoms with Crippen LogP contribution in [-0.4, -0.2) is 31.2 Å². The molecule has 3 heterocycles. The number of fused-ring (bicyclic) bond motifs is 1. The van der Waals surface area contributed by atoms with E-state index in [-0.39, 0.29) is 10.7 Å². The molecule has 0 fully saturated rings. The Morgan fingerprint density at radius 1 is 1.09 bits per heavy atom. The van der Waals surface area contributed by atoms with Crippen molar-refractivity contribution in [3.05, 3.63) is 48.3 Å². The van der Waals surface area contributed by atoms with Crippen LogP contribution >= 0.6 is 23.1 Å². The minimum absolute atomic E-state index is 0.0960. The Morgan fingerprint density at radius 3 is 2.56 bits per heavy atom. The van der Waals surface area contributed by atoms with Crippen molar-refractivity contribution in [2.75, 3.05) is 23.3 Å². The summed E-state index contributed by atoms with van der Waals surface area (Å²) in [5, 5.41) is 4.34. The lowest BCUT2D eigenvalue weighted by Gasteiger charge is -2.33. The Hall–Kier alpha value is -2.91. The van der Waals surface area contributed by atoms with Crippen molar-refractivity contribution in [1.82, 2.24) is 19.9 Å². The molecule has 0 aliphatic carbocycles. The summed E-state index contributed by atoms with van der Waals surface area (Å²) in [5.74, 6) is 1.90. The topological polar surface area (TPSA) is 116 Å². The number of hydrogen-bond donors (Lipinski definition) is 3. The molecule has 4 aromatic rings. The summed E-state index contributed by atoms with van der Waals surface area (Å²) in [6.45, 7) is 9.62. The fourth-order valence-corrected chi connectivity index (χ4v) is 6.66. The third-order valence-electron chi connectivity index (χ3n) is 6.04. The van der Waals surface area contributed by atoms with E-state index in [2.05, 4.69) is 71.4 Å². The summed E-state index contributed by atoms with van der Waals surface area (Å²) in [5.41, 5.74) is 14.4. The SMILES string of the molecule is CCC(CCNc1nc(N)nc(C)c1-c1nc2c(N)nccc2s1)C(C)(C)Sc1ccccc1. The third kappa shape index (κ3) is 5.26. The molecule has 5 N–H and O–H groups in total. The number of nitrogen functional groups attached to an aromatic ring is 2. The Kier molecular flexibility index (Phi) is 7.23. The maximum atomic E-state index is 6.04. The molecule has 0 radical (unpaired) electrons. The summed E-state index contributed by atoms with van der Waals surface area (Å²) in [7, 11) is 0. The Labute approximate surface area is 208 Å². The zero-order chi connectivity index (χ0) is 24.3. The summed E-state index contributed by atoms with van der Waals surface area (Å²) < 4.78 is 1.08. The number of rotatable bonds is 9. The maximum Gasteiger partial charge on any atom is 0.222 e. The zero-order valence-electron chi connectivity index (χ0n) is 20.0. The van der Waals surface area contributed by atoms with Gasteiger partial charge in [0.1, 0.15) is 16.3 Å². The maximum absolute atomic E-state index is 6.04. The largest absolute Gasteiger partial charge is 0.382 e. The molecule has 0 amide bonds. The van der Waals surface area contributed by atoms with Gasteiger partial charge >= 0.3 is 0 Å². The Balaban J connectivity index is 1.54. The zero-order valence-corrected chi connectivity index (χ0v) is 21.6. The number of aromatic nitrogens is 4. The molecule has 178 valence electrons. The first-order chi connectivity index (χ1) is 16.3. The highest BCUT2D eigenvalue weighted by molar-refractivity contribution is 8.00. The molecule has 1 aromatic carbocycles. The van der Waals surface area contributed by atoms with Crippen molar-refractivity contribution in [1.29, 1.82) is 0 Å². The quantitative estimate of drug-likeness (QED) is 0.242. The van der Waals surface area contributed by atoms with Crippen LogP contribution in [0.25, 0.3) is 20.8 Å². The summed E-state index contributed by atoms with van der Waals surface area (Å²) in [4.78, 5) is 19.1. The van der Waals surface area contributed by atoms with Gasteiger partial charge in [0.25, 0.3) is 0 Å². The number of anilines is 3. The van der Waals surface area contributed by atoms with E-state index in [0.29, 0.717) is 23.1 Å². The van der Waals surface area contributed by atoms with Gasteiger partial charge in [-0.05, 0) is 37.5 Å². The van der Waals surface area contributed by atoms with E-state index in [1.165, 1.54) is 4.90 Å². The second kappa shape index (κ2) is 10.1. The number of thiazole rings is 1. The number of nitrogens with zero attached hydrogens (tertiary/aromatic N) is 4. The van der Waals surface area contributed by atoms with Crippen LogP contribution < -0.4 is 16.8 Å². The lowest BCUT2D eigenvalue weighted by molar-refractivity contribution is 0.392. The van der Waals surface area contributed by atoms with Gasteiger partial charge in [0.15, 0.2) is 5.82 Å². The molecule has 0 aliphatic rings. The number of aryl methyl sites for hydroxylation is 1. The molecular formula is C25H31N7S2. The van der Waals surface area contributed by atoms with Gasteiger partial charge in [-0.2, -0.15) is 4.98 Å². The van der Waals surface area contributed by atoms with Gasteiger partial charge in [0.2, 0.25) is 5.95 Å². The first-order valence-electron chi connectivity index (χ1n) is 11.4. The monoisotopic (exact) mass is 493 g/mol. The van der Waals surface area contributed by atoms with Crippen LogP contribution in [-0.2, 0) is 0 Å². The van der Waals surface area contributed by atoms with Crippen LogP contribution in [0, 0.1) is 12.8 Å². The van der Waals surface area contributed by atoms with Crippen LogP contribution in [0.5, 0.6) is 0 Å². The molecule has 0 saturated carbocycles. The molecule has 1 atom stereocenters. The van der Waals surface area contributed by atoms with Crippen molar-refractivity contribution in [2.24, 2.45) is 5.92 Å². The predicted octanol–water partition coefficient (Wildman–Crippen LogP) is 6.02. The van der Waals surface area contributed by atoms with Gasteiger partial charge in [-0.15, -0.1) is 23.1 Å². The molecule has 34 heavy (non-hydrogen) atoms. The number of pyridine rings is 1. The van der Waals surface area contributed by atoms with Gasteiger partial charge in [-0.1, -0.05) is 45.4 Å². The molecule has 7 nitrogen and oxygen atoms in total. The number of nitrogens with two attached hydrogens (primary N) is 2. The van der Waals surface area contributed by atoms with Crippen LogP contribution in [0.4, 0.5) is 17.6 Å². The van der Waals surface area contributed by atoms with Crippen LogP contribution in [0.15, 0.2) is 47.5 Å². The summed E-state index contributed by atoms with van der Waals surface area (Å²) >= 11 is 3.49. The molecule has 3 aromatic heterocycles. The molecule has 0 aliphatic heterocycles. The minimum Gasteiger partial charge on any atom is -0.382 e. The highest BCUT2D eigenvalue weighted by atomic mass is 32.2. The highest BCUT2D eigenvalue weighted by Crippen LogP contribution is 2.41. The number of hydrogen-bond acceptors (Lipinski definition) is 9. The van der Waals surface area contributed by atoms with E-state index in [4.69, 9.17) is 16.5 Å². The summed E-state index contributed by atoms with van der Waals surface area (Å²) in [6.07, 6.45) is 3.80. The third-order valence-corrected chi connectivity index (χ3v) is 8.45. The molecule has 0 spiro atoms. The van der Waals surface area contributed by atoms with Crippen molar-refractivity contribution in [2.45, 2.75) is 50.2 Å². The van der Waals surface area contributed by atoms with Crippen LogP contribution in [0.2, 0.25) is 0 Å². The van der Waals surface area contributed by atoms with E-state index < -0.39 is 0 Å². The predicted molar refractivity (Wildman–Crippen MR) is 145 cm³/mol.